The first-order chi connectivity index (χ1) is 14.3. The molecule has 158 valence electrons. The summed E-state index contributed by atoms with van der Waals surface area (Å²) >= 11 is 1.38. The van der Waals surface area contributed by atoms with Crippen molar-refractivity contribution in [1.82, 2.24) is 14.3 Å². The molecular formula is C23H27N3O3S. The fourth-order valence-corrected chi connectivity index (χ4v) is 4.52. The first kappa shape index (κ1) is 21.9. The summed E-state index contributed by atoms with van der Waals surface area (Å²) in [5.74, 6) is -0.460. The van der Waals surface area contributed by atoms with E-state index in [2.05, 4.69) is 9.67 Å². The Labute approximate surface area is 181 Å². The Balaban J connectivity index is 1.59. The van der Waals surface area contributed by atoms with E-state index in [4.69, 9.17) is 4.74 Å². The van der Waals surface area contributed by atoms with Gasteiger partial charge in [-0.15, -0.1) is 11.8 Å². The van der Waals surface area contributed by atoms with Crippen molar-refractivity contribution in [3.8, 4) is 5.69 Å². The van der Waals surface area contributed by atoms with Gasteiger partial charge in [-0.25, -0.2) is 4.68 Å². The molecule has 30 heavy (non-hydrogen) atoms. The topological polar surface area (TPSA) is 66.1 Å². The number of aryl methyl sites for hydroxylation is 2. The monoisotopic (exact) mass is 425 g/mol. The number of thioether (sulfide) groups is 1. The molecule has 0 bridgehead atoms. The van der Waals surface area contributed by atoms with Crippen molar-refractivity contribution in [1.29, 1.82) is 0 Å². The molecule has 0 unspecified atom stereocenters. The Morgan fingerprint density at radius 3 is 2.40 bits per heavy atom. The average molecular weight is 426 g/mol. The largest absolute Gasteiger partial charge is 0.457 e. The maximum absolute atomic E-state index is 12.5. The van der Waals surface area contributed by atoms with Crippen LogP contribution in [0.2, 0.25) is 0 Å². The second-order valence-corrected chi connectivity index (χ2v) is 8.13. The molecule has 0 amide bonds. The van der Waals surface area contributed by atoms with E-state index in [1.54, 1.807) is 0 Å². The number of para-hydroxylation sites is 1. The number of carbonyl (C=O) groups is 2. The van der Waals surface area contributed by atoms with Crippen molar-refractivity contribution in [2.75, 3.05) is 12.4 Å². The number of hydrogen-bond acceptors (Lipinski definition) is 5. The van der Waals surface area contributed by atoms with Crippen molar-refractivity contribution in [3.05, 3.63) is 64.7 Å². The standard InChI is InChI=1S/C23H27N3O3S/c1-6-25-15(2)12-20(17(25)4)21(27)13-29-22(28)14-30-23-16(3)24-26(18(23)5)19-10-8-7-9-11-19/h7-12H,6,13-14H2,1-5H3. The van der Waals surface area contributed by atoms with E-state index < -0.39 is 5.97 Å². The highest BCUT2D eigenvalue weighted by Gasteiger charge is 2.18. The molecule has 0 spiro atoms. The van der Waals surface area contributed by atoms with Gasteiger partial charge in [-0.3, -0.25) is 9.59 Å². The average Bonchev–Trinajstić information content (AvgIpc) is 3.19. The molecule has 0 atom stereocenters. The van der Waals surface area contributed by atoms with Crippen LogP contribution in [0.15, 0.2) is 41.3 Å². The Kier molecular flexibility index (Phi) is 6.82. The van der Waals surface area contributed by atoms with Crippen LogP contribution in [0.1, 0.15) is 40.1 Å². The third-order valence-corrected chi connectivity index (χ3v) is 6.37. The molecule has 1 aromatic carbocycles. The van der Waals surface area contributed by atoms with Crippen molar-refractivity contribution in [2.45, 2.75) is 46.1 Å². The van der Waals surface area contributed by atoms with Crippen LogP contribution < -0.4 is 0 Å². The Morgan fingerprint density at radius 2 is 1.77 bits per heavy atom. The lowest BCUT2D eigenvalue weighted by molar-refractivity contribution is -0.139. The van der Waals surface area contributed by atoms with Crippen LogP contribution in [0.3, 0.4) is 0 Å². The zero-order valence-corrected chi connectivity index (χ0v) is 18.9. The van der Waals surface area contributed by atoms with Crippen LogP contribution in [0, 0.1) is 27.7 Å². The fraction of sp³-hybridized carbons (Fsp3) is 0.348. The molecule has 7 heteroatoms. The van der Waals surface area contributed by atoms with Gasteiger partial charge in [-0.05, 0) is 52.8 Å². The fourth-order valence-electron chi connectivity index (χ4n) is 3.62. The third kappa shape index (κ3) is 4.51. The summed E-state index contributed by atoms with van der Waals surface area (Å²) in [5, 5.41) is 4.59. The van der Waals surface area contributed by atoms with Gasteiger partial charge in [-0.1, -0.05) is 18.2 Å². The number of hydrogen-bond donors (Lipinski definition) is 0. The number of aromatic nitrogens is 3. The first-order valence-corrected chi connectivity index (χ1v) is 10.9. The summed E-state index contributed by atoms with van der Waals surface area (Å²) in [7, 11) is 0. The minimum atomic E-state index is -0.413. The minimum absolute atomic E-state index is 0.128. The molecule has 6 nitrogen and oxygen atoms in total. The SMILES string of the molecule is CCn1c(C)cc(C(=O)COC(=O)CSc2c(C)nn(-c3ccccc3)c2C)c1C. The molecule has 3 rings (SSSR count). The van der Waals surface area contributed by atoms with E-state index >= 15 is 0 Å². The van der Waals surface area contributed by atoms with Gasteiger partial charge in [0.15, 0.2) is 6.61 Å². The molecule has 0 aliphatic heterocycles. The third-order valence-electron chi connectivity index (χ3n) is 5.11. The molecule has 0 aliphatic rings. The Bertz CT molecular complexity index is 1070. The van der Waals surface area contributed by atoms with E-state index in [0.29, 0.717) is 5.56 Å². The number of benzene rings is 1. The van der Waals surface area contributed by atoms with Gasteiger partial charge in [0.25, 0.3) is 0 Å². The van der Waals surface area contributed by atoms with Crippen molar-refractivity contribution < 1.29 is 14.3 Å². The van der Waals surface area contributed by atoms with E-state index in [1.807, 2.05) is 75.7 Å². The molecule has 0 radical (unpaired) electrons. The number of ether oxygens (including phenoxy) is 1. The van der Waals surface area contributed by atoms with Crippen molar-refractivity contribution >= 4 is 23.5 Å². The predicted octanol–water partition coefficient (Wildman–Crippen LogP) is 4.45. The van der Waals surface area contributed by atoms with E-state index in [1.165, 1.54) is 11.8 Å². The minimum Gasteiger partial charge on any atom is -0.457 e. The van der Waals surface area contributed by atoms with Crippen molar-refractivity contribution in [2.24, 2.45) is 0 Å². The van der Waals surface area contributed by atoms with E-state index in [0.717, 1.165) is 39.9 Å². The zero-order chi connectivity index (χ0) is 21.8. The molecule has 0 fully saturated rings. The lowest BCUT2D eigenvalue weighted by Gasteiger charge is -2.07. The maximum Gasteiger partial charge on any atom is 0.316 e. The highest BCUT2D eigenvalue weighted by molar-refractivity contribution is 8.00. The van der Waals surface area contributed by atoms with Crippen molar-refractivity contribution in [3.63, 3.8) is 0 Å². The van der Waals surface area contributed by atoms with Gasteiger partial charge >= 0.3 is 5.97 Å². The van der Waals surface area contributed by atoms with Gasteiger partial charge in [0.1, 0.15) is 0 Å². The summed E-state index contributed by atoms with van der Waals surface area (Å²) in [4.78, 5) is 25.7. The summed E-state index contributed by atoms with van der Waals surface area (Å²) < 4.78 is 9.18. The molecule has 0 aliphatic carbocycles. The second kappa shape index (κ2) is 9.34. The normalized spacial score (nSPS) is 11.0. The number of Topliss-reactive ketones (excluding diaryl/α,β-unsaturated/α-hetero) is 1. The quantitative estimate of drug-likeness (QED) is 0.303. The van der Waals surface area contributed by atoms with Crippen LogP contribution in [-0.4, -0.2) is 38.5 Å². The van der Waals surface area contributed by atoms with Crippen LogP contribution in [0.4, 0.5) is 0 Å². The van der Waals surface area contributed by atoms with Crippen LogP contribution >= 0.6 is 11.8 Å². The van der Waals surface area contributed by atoms with Gasteiger partial charge < -0.3 is 9.30 Å². The van der Waals surface area contributed by atoms with Crippen LogP contribution in [0.25, 0.3) is 5.69 Å². The molecule has 0 saturated heterocycles. The zero-order valence-electron chi connectivity index (χ0n) is 18.1. The van der Waals surface area contributed by atoms with Crippen LogP contribution in [-0.2, 0) is 16.1 Å². The molecular weight excluding hydrogens is 398 g/mol. The number of carbonyl (C=O) groups excluding carboxylic acids is 2. The first-order valence-electron chi connectivity index (χ1n) is 9.93. The van der Waals surface area contributed by atoms with E-state index in [9.17, 15) is 9.59 Å². The lowest BCUT2D eigenvalue weighted by atomic mass is 10.1. The number of rotatable bonds is 8. The lowest BCUT2D eigenvalue weighted by Crippen LogP contribution is -2.16. The molecule has 0 N–H and O–H groups in total. The number of esters is 1. The Morgan fingerprint density at radius 1 is 1.07 bits per heavy atom. The summed E-state index contributed by atoms with van der Waals surface area (Å²) in [5.41, 5.74) is 5.36. The molecule has 0 saturated carbocycles. The summed E-state index contributed by atoms with van der Waals surface area (Å²) in [6, 6.07) is 11.7. The highest BCUT2D eigenvalue weighted by Crippen LogP contribution is 2.28. The Hall–Kier alpha value is -2.80. The van der Waals surface area contributed by atoms with E-state index in [-0.39, 0.29) is 18.1 Å². The molecule has 2 heterocycles. The second-order valence-electron chi connectivity index (χ2n) is 7.15. The maximum atomic E-state index is 12.5. The van der Waals surface area contributed by atoms with Gasteiger partial charge in [0, 0.05) is 23.5 Å². The van der Waals surface area contributed by atoms with Gasteiger partial charge in [-0.2, -0.15) is 5.10 Å². The predicted molar refractivity (Wildman–Crippen MR) is 119 cm³/mol. The molecule has 2 aromatic heterocycles. The smallest absolute Gasteiger partial charge is 0.316 e. The summed E-state index contributed by atoms with van der Waals surface area (Å²) in [6.45, 7) is 10.4. The highest BCUT2D eigenvalue weighted by atomic mass is 32.2. The van der Waals surface area contributed by atoms with Gasteiger partial charge in [0.05, 0.1) is 27.7 Å². The van der Waals surface area contributed by atoms with Gasteiger partial charge in [0.2, 0.25) is 5.78 Å². The number of ketones is 1. The summed E-state index contributed by atoms with van der Waals surface area (Å²) in [6.07, 6.45) is 0. The van der Waals surface area contributed by atoms with Crippen LogP contribution in [0.5, 0.6) is 0 Å². The number of nitrogens with zero attached hydrogens (tertiary/aromatic N) is 3. The molecule has 3 aromatic rings.